The second kappa shape index (κ2) is 8.78. The van der Waals surface area contributed by atoms with E-state index < -0.39 is 11.9 Å². The van der Waals surface area contributed by atoms with Gasteiger partial charge in [-0.2, -0.15) is 0 Å². The molecule has 0 amide bonds. The van der Waals surface area contributed by atoms with E-state index >= 15 is 0 Å². The Labute approximate surface area is 157 Å². The van der Waals surface area contributed by atoms with E-state index in [-0.39, 0.29) is 11.5 Å². The highest BCUT2D eigenvalue weighted by Gasteiger charge is 2.16. The Morgan fingerprint density at radius 2 is 1.22 bits per heavy atom. The summed E-state index contributed by atoms with van der Waals surface area (Å²) in [6.07, 6.45) is 0.614. The van der Waals surface area contributed by atoms with Crippen LogP contribution in [0.3, 0.4) is 0 Å². The number of carbonyl (C=O) groups is 2. The van der Waals surface area contributed by atoms with Crippen molar-refractivity contribution in [1.82, 2.24) is 0 Å². The minimum atomic E-state index is -0.530. The zero-order chi connectivity index (χ0) is 19.1. The molecule has 0 aliphatic rings. The predicted octanol–water partition coefficient (Wildman–Crippen LogP) is 3.63. The molecule has 27 heavy (non-hydrogen) atoms. The van der Waals surface area contributed by atoms with Gasteiger partial charge in [-0.3, -0.25) is 0 Å². The summed E-state index contributed by atoms with van der Waals surface area (Å²) >= 11 is 0. The van der Waals surface area contributed by atoms with Crippen molar-refractivity contribution in [1.29, 1.82) is 0 Å². The Balaban J connectivity index is 1.86. The molecule has 0 spiro atoms. The maximum absolute atomic E-state index is 12.4. The van der Waals surface area contributed by atoms with Crippen molar-refractivity contribution in [3.05, 3.63) is 95.6 Å². The second-order valence-electron chi connectivity index (χ2n) is 5.83. The molecule has 136 valence electrons. The fourth-order valence-corrected chi connectivity index (χ4v) is 2.50. The third kappa shape index (κ3) is 4.80. The average molecular weight is 361 g/mol. The van der Waals surface area contributed by atoms with E-state index in [9.17, 15) is 9.59 Å². The Morgan fingerprint density at radius 3 is 1.74 bits per heavy atom. The van der Waals surface area contributed by atoms with Gasteiger partial charge in [0.05, 0.1) is 11.1 Å². The molecule has 3 aromatic rings. The molecule has 3 aromatic carbocycles. The molecule has 0 saturated heterocycles. The number of ether oxygens (including phenoxy) is 2. The lowest BCUT2D eigenvalue weighted by Gasteiger charge is -2.12. The molecule has 5 nitrogen and oxygen atoms in total. The number of hydrogen-bond donors (Lipinski definition) is 1. The van der Waals surface area contributed by atoms with Gasteiger partial charge in [0.15, 0.2) is 11.5 Å². The third-order valence-corrected chi connectivity index (χ3v) is 3.87. The van der Waals surface area contributed by atoms with E-state index in [0.29, 0.717) is 24.1 Å². The number of nitrogens with two attached hydrogens (primary N) is 1. The van der Waals surface area contributed by atoms with Crippen LogP contribution in [0.25, 0.3) is 0 Å². The summed E-state index contributed by atoms with van der Waals surface area (Å²) < 4.78 is 11.0. The fourth-order valence-electron chi connectivity index (χ4n) is 2.50. The van der Waals surface area contributed by atoms with E-state index in [1.54, 1.807) is 66.7 Å². The van der Waals surface area contributed by atoms with Crippen molar-refractivity contribution in [3.8, 4) is 11.5 Å². The van der Waals surface area contributed by atoms with Gasteiger partial charge in [0.2, 0.25) is 0 Å². The first kappa shape index (κ1) is 18.4. The van der Waals surface area contributed by atoms with Crippen LogP contribution in [0.2, 0.25) is 0 Å². The minimum absolute atomic E-state index is 0.175. The molecule has 3 rings (SSSR count). The minimum Gasteiger partial charge on any atom is -0.419 e. The molecule has 0 aliphatic heterocycles. The largest absolute Gasteiger partial charge is 0.419 e. The molecular formula is C22H19NO4. The normalized spacial score (nSPS) is 10.3. The van der Waals surface area contributed by atoms with Crippen LogP contribution < -0.4 is 15.2 Å². The van der Waals surface area contributed by atoms with Crippen LogP contribution in [0, 0.1) is 0 Å². The van der Waals surface area contributed by atoms with Crippen molar-refractivity contribution in [2.75, 3.05) is 6.54 Å². The molecule has 0 atom stereocenters. The quantitative estimate of drug-likeness (QED) is 0.536. The standard InChI is InChI=1S/C22H19NO4/c23-14-13-16-11-12-19(26-21(24)17-7-3-1-4-8-17)20(15-16)27-22(25)18-9-5-2-6-10-18/h1-12,15H,13-14,23H2. The van der Waals surface area contributed by atoms with E-state index in [0.717, 1.165) is 5.56 Å². The van der Waals surface area contributed by atoms with Gasteiger partial charge in [-0.1, -0.05) is 42.5 Å². The molecule has 0 heterocycles. The predicted molar refractivity (Wildman–Crippen MR) is 102 cm³/mol. The third-order valence-electron chi connectivity index (χ3n) is 3.87. The Bertz CT molecular complexity index is 924. The Hall–Kier alpha value is -3.44. The smallest absolute Gasteiger partial charge is 0.343 e. The summed E-state index contributed by atoms with van der Waals surface area (Å²) in [5.74, 6) is -0.704. The van der Waals surface area contributed by atoms with E-state index in [1.807, 2.05) is 12.1 Å². The highest BCUT2D eigenvalue weighted by Crippen LogP contribution is 2.30. The zero-order valence-corrected chi connectivity index (χ0v) is 14.6. The summed E-state index contributed by atoms with van der Waals surface area (Å²) in [7, 11) is 0. The van der Waals surface area contributed by atoms with E-state index in [1.165, 1.54) is 0 Å². The lowest BCUT2D eigenvalue weighted by molar-refractivity contribution is 0.0682. The van der Waals surface area contributed by atoms with Gasteiger partial charge < -0.3 is 15.2 Å². The first-order chi connectivity index (χ1) is 13.2. The Kier molecular flexibility index (Phi) is 5.97. The van der Waals surface area contributed by atoms with Crippen LogP contribution in [-0.2, 0) is 6.42 Å². The van der Waals surface area contributed by atoms with Gasteiger partial charge >= 0.3 is 11.9 Å². The summed E-state index contributed by atoms with van der Waals surface area (Å²) in [5.41, 5.74) is 7.30. The first-order valence-corrected chi connectivity index (χ1v) is 8.55. The maximum Gasteiger partial charge on any atom is 0.343 e. The molecule has 0 aromatic heterocycles. The van der Waals surface area contributed by atoms with Gasteiger partial charge in [0, 0.05) is 0 Å². The molecule has 2 N–H and O–H groups in total. The second-order valence-corrected chi connectivity index (χ2v) is 5.83. The molecule has 0 bridgehead atoms. The van der Waals surface area contributed by atoms with Gasteiger partial charge in [-0.15, -0.1) is 0 Å². The summed E-state index contributed by atoms with van der Waals surface area (Å²) in [5, 5.41) is 0. The summed E-state index contributed by atoms with van der Waals surface area (Å²) in [4.78, 5) is 24.8. The topological polar surface area (TPSA) is 78.6 Å². The number of benzene rings is 3. The van der Waals surface area contributed by atoms with Crippen LogP contribution in [0.15, 0.2) is 78.9 Å². The molecule has 0 fully saturated rings. The van der Waals surface area contributed by atoms with Gasteiger partial charge in [-0.05, 0) is 54.9 Å². The highest BCUT2D eigenvalue weighted by molar-refractivity contribution is 5.93. The van der Waals surface area contributed by atoms with Gasteiger partial charge in [0.1, 0.15) is 0 Å². The fraction of sp³-hybridized carbons (Fsp3) is 0.0909. The monoisotopic (exact) mass is 361 g/mol. The zero-order valence-electron chi connectivity index (χ0n) is 14.6. The van der Waals surface area contributed by atoms with Crippen LogP contribution in [0.4, 0.5) is 0 Å². The van der Waals surface area contributed by atoms with Crippen LogP contribution in [0.5, 0.6) is 11.5 Å². The number of hydrogen-bond acceptors (Lipinski definition) is 5. The molecule has 5 heteroatoms. The van der Waals surface area contributed by atoms with Crippen LogP contribution in [0.1, 0.15) is 26.3 Å². The highest BCUT2D eigenvalue weighted by atomic mass is 16.6. The van der Waals surface area contributed by atoms with Gasteiger partial charge in [-0.25, -0.2) is 9.59 Å². The van der Waals surface area contributed by atoms with Crippen molar-refractivity contribution < 1.29 is 19.1 Å². The molecule has 0 radical (unpaired) electrons. The SMILES string of the molecule is NCCc1ccc(OC(=O)c2ccccc2)c(OC(=O)c2ccccc2)c1. The number of carbonyl (C=O) groups excluding carboxylic acids is 2. The van der Waals surface area contributed by atoms with Crippen LogP contribution in [-0.4, -0.2) is 18.5 Å². The lowest BCUT2D eigenvalue weighted by Crippen LogP contribution is -2.13. The van der Waals surface area contributed by atoms with Crippen molar-refractivity contribution in [3.63, 3.8) is 0 Å². The van der Waals surface area contributed by atoms with Crippen molar-refractivity contribution in [2.24, 2.45) is 5.73 Å². The van der Waals surface area contributed by atoms with E-state index in [4.69, 9.17) is 15.2 Å². The van der Waals surface area contributed by atoms with Gasteiger partial charge in [0.25, 0.3) is 0 Å². The number of esters is 2. The lowest BCUT2D eigenvalue weighted by atomic mass is 10.1. The Morgan fingerprint density at radius 1 is 0.704 bits per heavy atom. The summed E-state index contributed by atoms with van der Waals surface area (Å²) in [6, 6.07) is 22.3. The summed E-state index contributed by atoms with van der Waals surface area (Å²) in [6.45, 7) is 0.454. The molecule has 0 unspecified atom stereocenters. The number of rotatable bonds is 6. The molecule has 0 aliphatic carbocycles. The van der Waals surface area contributed by atoms with E-state index in [2.05, 4.69) is 0 Å². The average Bonchev–Trinajstić information content (AvgIpc) is 2.71. The first-order valence-electron chi connectivity index (χ1n) is 8.55. The van der Waals surface area contributed by atoms with Crippen molar-refractivity contribution in [2.45, 2.75) is 6.42 Å². The molecular weight excluding hydrogens is 342 g/mol. The maximum atomic E-state index is 12.4. The molecule has 0 saturated carbocycles. The van der Waals surface area contributed by atoms with Crippen molar-refractivity contribution >= 4 is 11.9 Å². The van der Waals surface area contributed by atoms with Crippen LogP contribution >= 0.6 is 0 Å².